The van der Waals surface area contributed by atoms with Gasteiger partial charge in [-0.15, -0.1) is 0 Å². The molecule has 1 aromatic heterocycles. The Morgan fingerprint density at radius 2 is 2.29 bits per heavy atom. The van der Waals surface area contributed by atoms with Gasteiger partial charge in [-0.25, -0.2) is 0 Å². The summed E-state index contributed by atoms with van der Waals surface area (Å²) in [5, 5.41) is 9.15. The van der Waals surface area contributed by atoms with Gasteiger partial charge in [-0.2, -0.15) is 0 Å². The van der Waals surface area contributed by atoms with Crippen LogP contribution in [-0.4, -0.2) is 15.9 Å². The maximum atomic E-state index is 11.4. The quantitative estimate of drug-likeness (QED) is 0.673. The molecule has 72 valence electrons. The van der Waals surface area contributed by atoms with Gasteiger partial charge in [-0.3, -0.25) is 9.78 Å². The SMILES string of the molecule is NC1=C(O)C(=O)[C@H](c2ccccn2)O1. The Labute approximate surface area is 79.8 Å². The molecule has 1 aromatic rings. The number of ketones is 1. The van der Waals surface area contributed by atoms with Gasteiger partial charge >= 0.3 is 0 Å². The molecule has 5 nitrogen and oxygen atoms in total. The van der Waals surface area contributed by atoms with Crippen molar-refractivity contribution < 1.29 is 14.6 Å². The summed E-state index contributed by atoms with van der Waals surface area (Å²) < 4.78 is 4.97. The second kappa shape index (κ2) is 3.02. The van der Waals surface area contributed by atoms with Crippen molar-refractivity contribution in [1.29, 1.82) is 0 Å². The molecule has 2 heterocycles. The summed E-state index contributed by atoms with van der Waals surface area (Å²) in [7, 11) is 0. The monoisotopic (exact) mass is 192 g/mol. The van der Waals surface area contributed by atoms with Crippen LogP contribution >= 0.6 is 0 Å². The van der Waals surface area contributed by atoms with Crippen LogP contribution in [0.25, 0.3) is 0 Å². The molecule has 1 aliphatic heterocycles. The molecule has 0 fully saturated rings. The van der Waals surface area contributed by atoms with Gasteiger partial charge in [0.2, 0.25) is 23.5 Å². The molecule has 2 rings (SSSR count). The topological polar surface area (TPSA) is 85.4 Å². The van der Waals surface area contributed by atoms with E-state index in [1.54, 1.807) is 18.2 Å². The van der Waals surface area contributed by atoms with Crippen molar-refractivity contribution in [1.82, 2.24) is 4.98 Å². The Morgan fingerprint density at radius 3 is 2.79 bits per heavy atom. The highest BCUT2D eigenvalue weighted by molar-refractivity contribution is 5.99. The number of hydrogen-bond acceptors (Lipinski definition) is 5. The first-order chi connectivity index (χ1) is 6.70. The number of Topliss-reactive ketones (excluding diaryl/α,β-unsaturated/α-hetero) is 1. The fourth-order valence-corrected chi connectivity index (χ4v) is 1.21. The van der Waals surface area contributed by atoms with Crippen molar-refractivity contribution in [3.63, 3.8) is 0 Å². The van der Waals surface area contributed by atoms with Crippen LogP contribution in [0.2, 0.25) is 0 Å². The standard InChI is InChI=1S/C9H8N2O3/c10-9-7(13)6(12)8(14-9)5-3-1-2-4-11-5/h1-4,8,13H,10H2/t8-/m0/s1. The van der Waals surface area contributed by atoms with Crippen LogP contribution in [0.15, 0.2) is 36.0 Å². The van der Waals surface area contributed by atoms with Crippen LogP contribution in [0, 0.1) is 0 Å². The van der Waals surface area contributed by atoms with Crippen molar-refractivity contribution in [3.05, 3.63) is 41.7 Å². The van der Waals surface area contributed by atoms with Crippen LogP contribution in [0.5, 0.6) is 0 Å². The Hall–Kier alpha value is -2.04. The normalized spacial score (nSPS) is 21.1. The Bertz CT molecular complexity index is 400. The smallest absolute Gasteiger partial charge is 0.249 e. The summed E-state index contributed by atoms with van der Waals surface area (Å²) in [4.78, 5) is 15.3. The zero-order valence-corrected chi connectivity index (χ0v) is 7.18. The van der Waals surface area contributed by atoms with Crippen molar-refractivity contribution in [3.8, 4) is 0 Å². The third kappa shape index (κ3) is 1.19. The maximum absolute atomic E-state index is 11.4. The van der Waals surface area contributed by atoms with E-state index in [0.29, 0.717) is 5.69 Å². The number of aliphatic hydroxyl groups excluding tert-OH is 1. The molecule has 0 amide bonds. The molecule has 0 unspecified atom stereocenters. The lowest BCUT2D eigenvalue weighted by molar-refractivity contribution is -0.123. The predicted octanol–water partition coefficient (Wildman–Crippen LogP) is 0.408. The van der Waals surface area contributed by atoms with Crippen LogP contribution in [-0.2, 0) is 9.53 Å². The summed E-state index contributed by atoms with van der Waals surface area (Å²) in [6.45, 7) is 0. The molecule has 0 saturated heterocycles. The molecule has 0 spiro atoms. The van der Waals surface area contributed by atoms with Crippen LogP contribution in [0.3, 0.4) is 0 Å². The molecule has 0 aliphatic carbocycles. The van der Waals surface area contributed by atoms with Gasteiger partial charge in [0.05, 0.1) is 5.69 Å². The summed E-state index contributed by atoms with van der Waals surface area (Å²) >= 11 is 0. The maximum Gasteiger partial charge on any atom is 0.249 e. The largest absolute Gasteiger partial charge is 0.501 e. The van der Waals surface area contributed by atoms with Gasteiger partial charge in [0.25, 0.3) is 0 Å². The molecule has 1 atom stereocenters. The number of nitrogens with zero attached hydrogens (tertiary/aromatic N) is 1. The zero-order valence-electron chi connectivity index (χ0n) is 7.18. The number of pyridine rings is 1. The summed E-state index contributed by atoms with van der Waals surface area (Å²) in [6, 6.07) is 5.08. The molecule has 0 radical (unpaired) electrons. The first kappa shape index (κ1) is 8.55. The highest BCUT2D eigenvalue weighted by Gasteiger charge is 2.35. The second-order valence-corrected chi connectivity index (χ2v) is 2.83. The summed E-state index contributed by atoms with van der Waals surface area (Å²) in [5.74, 6) is -1.33. The molecule has 14 heavy (non-hydrogen) atoms. The highest BCUT2D eigenvalue weighted by atomic mass is 16.5. The lowest BCUT2D eigenvalue weighted by atomic mass is 10.1. The zero-order chi connectivity index (χ0) is 10.1. The third-order valence-corrected chi connectivity index (χ3v) is 1.91. The van der Waals surface area contributed by atoms with E-state index in [9.17, 15) is 4.79 Å². The molecule has 0 bridgehead atoms. The van der Waals surface area contributed by atoms with E-state index >= 15 is 0 Å². The number of carbonyl (C=O) groups excluding carboxylic acids is 1. The van der Waals surface area contributed by atoms with Gasteiger partial charge in [0, 0.05) is 6.20 Å². The van der Waals surface area contributed by atoms with E-state index in [4.69, 9.17) is 15.6 Å². The fourth-order valence-electron chi connectivity index (χ4n) is 1.21. The van der Waals surface area contributed by atoms with Crippen molar-refractivity contribution >= 4 is 5.78 Å². The van der Waals surface area contributed by atoms with E-state index in [0.717, 1.165) is 0 Å². The van der Waals surface area contributed by atoms with Gasteiger partial charge in [0.15, 0.2) is 0 Å². The average molecular weight is 192 g/mol. The first-order valence-electron chi connectivity index (χ1n) is 4.00. The van der Waals surface area contributed by atoms with Crippen molar-refractivity contribution in [2.24, 2.45) is 5.73 Å². The van der Waals surface area contributed by atoms with Gasteiger partial charge in [0.1, 0.15) is 0 Å². The molecule has 0 aromatic carbocycles. The van der Waals surface area contributed by atoms with Gasteiger partial charge in [-0.1, -0.05) is 6.07 Å². The minimum atomic E-state index is -0.906. The van der Waals surface area contributed by atoms with Crippen molar-refractivity contribution in [2.75, 3.05) is 0 Å². The van der Waals surface area contributed by atoms with E-state index in [-0.39, 0.29) is 5.88 Å². The molecule has 1 aliphatic rings. The summed E-state index contributed by atoms with van der Waals surface area (Å²) in [5.41, 5.74) is 5.69. The minimum absolute atomic E-state index is 0.245. The van der Waals surface area contributed by atoms with E-state index in [1.165, 1.54) is 6.20 Å². The molecule has 5 heteroatoms. The average Bonchev–Trinajstić information content (AvgIpc) is 2.47. The minimum Gasteiger partial charge on any atom is -0.501 e. The Kier molecular flexibility index (Phi) is 1.85. The van der Waals surface area contributed by atoms with Gasteiger partial charge < -0.3 is 15.6 Å². The lowest BCUT2D eigenvalue weighted by Gasteiger charge is -2.07. The van der Waals surface area contributed by atoms with E-state index in [1.807, 2.05) is 0 Å². The number of hydrogen-bond donors (Lipinski definition) is 2. The predicted molar refractivity (Wildman–Crippen MR) is 46.9 cm³/mol. The number of aliphatic hydroxyl groups is 1. The Balaban J connectivity index is 2.30. The van der Waals surface area contributed by atoms with E-state index in [2.05, 4.69) is 4.98 Å². The lowest BCUT2D eigenvalue weighted by Crippen LogP contribution is -2.11. The number of nitrogens with two attached hydrogens (primary N) is 1. The molecular weight excluding hydrogens is 184 g/mol. The molecule has 0 saturated carbocycles. The Morgan fingerprint density at radius 1 is 1.50 bits per heavy atom. The second-order valence-electron chi connectivity index (χ2n) is 2.83. The highest BCUT2D eigenvalue weighted by Crippen LogP contribution is 2.27. The first-order valence-corrected chi connectivity index (χ1v) is 4.00. The fraction of sp³-hybridized carbons (Fsp3) is 0.111. The third-order valence-electron chi connectivity index (χ3n) is 1.91. The van der Waals surface area contributed by atoms with Gasteiger partial charge in [-0.05, 0) is 12.1 Å². The van der Waals surface area contributed by atoms with Crippen LogP contribution in [0.4, 0.5) is 0 Å². The number of ether oxygens (including phenoxy) is 1. The molecular formula is C9H8N2O3. The summed E-state index contributed by atoms with van der Waals surface area (Å²) in [6.07, 6.45) is 0.633. The number of carbonyl (C=O) groups is 1. The van der Waals surface area contributed by atoms with Crippen molar-refractivity contribution in [2.45, 2.75) is 6.10 Å². The molecule has 3 N–H and O–H groups in total. The number of aromatic nitrogens is 1. The van der Waals surface area contributed by atoms with Crippen LogP contribution in [0.1, 0.15) is 11.8 Å². The number of rotatable bonds is 1. The van der Waals surface area contributed by atoms with Crippen LogP contribution < -0.4 is 5.73 Å². The van der Waals surface area contributed by atoms with E-state index < -0.39 is 17.6 Å².